The number of alkyl halides is 1. The van der Waals surface area contributed by atoms with Crippen molar-refractivity contribution in [2.45, 2.75) is 39.3 Å². The summed E-state index contributed by atoms with van der Waals surface area (Å²) >= 11 is 0. The van der Waals surface area contributed by atoms with Crippen molar-refractivity contribution in [2.24, 2.45) is 0 Å². The maximum Gasteiger partial charge on any atom is 0.128 e. The highest BCUT2D eigenvalue weighted by molar-refractivity contribution is 5.52. The number of hydrogen-bond donors (Lipinski definition) is 1. The molecule has 36 heavy (non-hydrogen) atoms. The fourth-order valence-electron chi connectivity index (χ4n) is 3.73. The number of aromatic hydroxyl groups is 1. The molecule has 3 aromatic rings. The van der Waals surface area contributed by atoms with Crippen molar-refractivity contribution in [1.29, 1.82) is 0 Å². The standard InChI is InChI=1S/C25H27F2N3O.C4H7F/c1-4-6-8-24-23(17-30(28-24)21-14-19(26)13-20(27)15-21)25(7-5-2)29(3)16-18-9-11-22(31)12-10-18;1-2-3-4-5/h4,6,8-15,17,25,31H,1,5,7,16H2,2-3H3;2-3H,4H2,1H3/b8-6+;3-2-. The molecule has 2 aromatic carbocycles. The van der Waals surface area contributed by atoms with Crippen LogP contribution in [0, 0.1) is 11.6 Å². The van der Waals surface area contributed by atoms with Gasteiger partial charge in [0.2, 0.25) is 0 Å². The van der Waals surface area contributed by atoms with Gasteiger partial charge in [0.1, 0.15) is 24.1 Å². The summed E-state index contributed by atoms with van der Waals surface area (Å²) in [7, 11) is 2.04. The summed E-state index contributed by atoms with van der Waals surface area (Å²) in [5, 5.41) is 14.1. The lowest BCUT2D eigenvalue weighted by atomic mass is 10.0. The van der Waals surface area contributed by atoms with Crippen molar-refractivity contribution < 1.29 is 18.3 Å². The molecule has 0 bridgehead atoms. The van der Waals surface area contributed by atoms with Gasteiger partial charge in [-0.25, -0.2) is 17.9 Å². The summed E-state index contributed by atoms with van der Waals surface area (Å²) in [4.78, 5) is 2.22. The van der Waals surface area contributed by atoms with E-state index in [-0.39, 0.29) is 18.5 Å². The SMILES string of the molecule is C/C=C\CF.C=C/C=C/c1nn(-c2cc(F)cc(F)c2)cc1C(CCC)N(C)Cc1ccc(O)cc1. The first-order valence-corrected chi connectivity index (χ1v) is 11.8. The van der Waals surface area contributed by atoms with Gasteiger partial charge in [-0.3, -0.25) is 4.90 Å². The Bertz CT molecular complexity index is 1130. The third kappa shape index (κ3) is 8.57. The number of hydrogen-bond acceptors (Lipinski definition) is 3. The molecule has 192 valence electrons. The van der Waals surface area contributed by atoms with Crippen LogP contribution in [0.5, 0.6) is 5.75 Å². The summed E-state index contributed by atoms with van der Waals surface area (Å²) in [6, 6.07) is 10.5. The van der Waals surface area contributed by atoms with Crippen molar-refractivity contribution in [3.63, 3.8) is 0 Å². The van der Waals surface area contributed by atoms with E-state index in [1.54, 1.807) is 37.3 Å². The van der Waals surface area contributed by atoms with Gasteiger partial charge >= 0.3 is 0 Å². The minimum absolute atomic E-state index is 0.0374. The Morgan fingerprint density at radius 2 is 1.81 bits per heavy atom. The van der Waals surface area contributed by atoms with Crippen LogP contribution in [0.4, 0.5) is 13.2 Å². The number of halogens is 3. The van der Waals surface area contributed by atoms with Crippen molar-refractivity contribution in [3.8, 4) is 11.4 Å². The molecule has 0 fully saturated rings. The van der Waals surface area contributed by atoms with Crippen LogP contribution in [0.15, 0.2) is 79.5 Å². The Kier molecular flexibility index (Phi) is 11.7. The zero-order valence-electron chi connectivity index (χ0n) is 21.0. The van der Waals surface area contributed by atoms with E-state index in [1.165, 1.54) is 22.9 Å². The van der Waals surface area contributed by atoms with Crippen LogP contribution in [0.1, 0.15) is 49.6 Å². The van der Waals surface area contributed by atoms with E-state index in [4.69, 9.17) is 0 Å². The van der Waals surface area contributed by atoms with E-state index in [9.17, 15) is 18.3 Å². The third-order valence-corrected chi connectivity index (χ3v) is 5.42. The largest absolute Gasteiger partial charge is 0.508 e. The minimum Gasteiger partial charge on any atom is -0.508 e. The van der Waals surface area contributed by atoms with Crippen molar-refractivity contribution >= 4 is 6.08 Å². The molecule has 0 aliphatic carbocycles. The monoisotopic (exact) mass is 497 g/mol. The molecule has 0 saturated carbocycles. The normalized spacial score (nSPS) is 12.2. The van der Waals surface area contributed by atoms with Crippen LogP contribution in [0.2, 0.25) is 0 Å². The zero-order chi connectivity index (χ0) is 26.5. The van der Waals surface area contributed by atoms with Gasteiger partial charge in [-0.1, -0.05) is 56.4 Å². The quantitative estimate of drug-likeness (QED) is 0.232. The molecule has 1 heterocycles. The Balaban J connectivity index is 0.000000830. The van der Waals surface area contributed by atoms with Crippen LogP contribution < -0.4 is 0 Å². The topological polar surface area (TPSA) is 41.3 Å². The van der Waals surface area contributed by atoms with Gasteiger partial charge in [-0.05, 0) is 56.3 Å². The molecule has 4 nitrogen and oxygen atoms in total. The van der Waals surface area contributed by atoms with E-state index >= 15 is 0 Å². The lowest BCUT2D eigenvalue weighted by Crippen LogP contribution is -2.24. The highest BCUT2D eigenvalue weighted by atomic mass is 19.1. The molecule has 1 aromatic heterocycles. The molecule has 3 rings (SSSR count). The molecule has 0 aliphatic rings. The highest BCUT2D eigenvalue weighted by Gasteiger charge is 2.22. The van der Waals surface area contributed by atoms with E-state index < -0.39 is 11.6 Å². The van der Waals surface area contributed by atoms with Crippen LogP contribution in [0.25, 0.3) is 11.8 Å². The summed E-state index contributed by atoms with van der Waals surface area (Å²) < 4.78 is 40.0. The van der Waals surface area contributed by atoms with E-state index in [0.29, 0.717) is 12.2 Å². The minimum atomic E-state index is -0.648. The molecule has 7 heteroatoms. The second-order valence-corrected chi connectivity index (χ2v) is 8.25. The van der Waals surface area contributed by atoms with Crippen LogP contribution >= 0.6 is 0 Å². The number of nitrogens with zero attached hydrogens (tertiary/aromatic N) is 3. The maximum atomic E-state index is 13.8. The summed E-state index contributed by atoms with van der Waals surface area (Å²) in [6.07, 6.45) is 12.1. The second kappa shape index (κ2) is 14.7. The lowest BCUT2D eigenvalue weighted by molar-refractivity contribution is 0.223. The number of rotatable bonds is 10. The van der Waals surface area contributed by atoms with Crippen molar-refractivity contribution in [3.05, 3.63) is 108 Å². The van der Waals surface area contributed by atoms with Crippen molar-refractivity contribution in [2.75, 3.05) is 13.7 Å². The molecule has 1 N–H and O–H groups in total. The van der Waals surface area contributed by atoms with E-state index in [0.717, 1.165) is 35.7 Å². The molecule has 0 saturated heterocycles. The summed E-state index contributed by atoms with van der Waals surface area (Å²) in [5.74, 6) is -1.06. The molecule has 1 unspecified atom stereocenters. The molecule has 0 amide bonds. The third-order valence-electron chi connectivity index (χ3n) is 5.42. The molecule has 0 aliphatic heterocycles. The van der Waals surface area contributed by atoms with E-state index in [1.807, 2.05) is 31.5 Å². The average molecular weight is 498 g/mol. The van der Waals surface area contributed by atoms with Gasteiger partial charge < -0.3 is 5.11 Å². The molecule has 0 radical (unpaired) electrons. The van der Waals surface area contributed by atoms with Gasteiger partial charge in [0.15, 0.2) is 0 Å². The summed E-state index contributed by atoms with van der Waals surface area (Å²) in [5.41, 5.74) is 3.09. The molecule has 0 spiro atoms. The molecular weight excluding hydrogens is 463 g/mol. The van der Waals surface area contributed by atoms with E-state index in [2.05, 4.69) is 23.5 Å². The first kappa shape index (κ1) is 28.7. The van der Waals surface area contributed by atoms with Crippen LogP contribution in [0.3, 0.4) is 0 Å². The first-order valence-electron chi connectivity index (χ1n) is 11.8. The average Bonchev–Trinajstić information content (AvgIpc) is 3.26. The number of phenolic OH excluding ortho intramolecular Hbond substituents is 1. The Labute approximate surface area is 211 Å². The Hall–Kier alpha value is -3.58. The zero-order valence-corrected chi connectivity index (χ0v) is 21.0. The molecule has 1 atom stereocenters. The van der Waals surface area contributed by atoms with Gasteiger partial charge in [0, 0.05) is 30.4 Å². The predicted octanol–water partition coefficient (Wildman–Crippen LogP) is 7.56. The van der Waals surface area contributed by atoms with Crippen LogP contribution in [-0.2, 0) is 6.54 Å². The smallest absolute Gasteiger partial charge is 0.128 e. The Morgan fingerprint density at radius 1 is 1.14 bits per heavy atom. The number of benzene rings is 2. The Morgan fingerprint density at radius 3 is 2.33 bits per heavy atom. The number of allylic oxidation sites excluding steroid dienone is 4. The second-order valence-electron chi connectivity index (χ2n) is 8.25. The van der Waals surface area contributed by atoms with Gasteiger partial charge in [0.05, 0.1) is 11.4 Å². The van der Waals surface area contributed by atoms with Crippen LogP contribution in [-0.4, -0.2) is 33.5 Å². The lowest BCUT2D eigenvalue weighted by Gasteiger charge is -2.28. The molecular formula is C29H34F3N3O. The highest BCUT2D eigenvalue weighted by Crippen LogP contribution is 2.30. The van der Waals surface area contributed by atoms with Gasteiger partial charge in [0.25, 0.3) is 0 Å². The summed E-state index contributed by atoms with van der Waals surface area (Å²) in [6.45, 7) is 7.97. The fraction of sp³-hybridized carbons (Fsp3) is 0.276. The van der Waals surface area contributed by atoms with Gasteiger partial charge in [-0.15, -0.1) is 0 Å². The first-order chi connectivity index (χ1) is 17.3. The number of aromatic nitrogens is 2. The predicted molar refractivity (Wildman–Crippen MR) is 141 cm³/mol. The van der Waals surface area contributed by atoms with Crippen molar-refractivity contribution in [1.82, 2.24) is 14.7 Å². The maximum absolute atomic E-state index is 13.8. The fourth-order valence-corrected chi connectivity index (χ4v) is 3.73. The van der Waals surface area contributed by atoms with Gasteiger partial charge in [-0.2, -0.15) is 5.10 Å². The number of phenols is 1.